The van der Waals surface area contributed by atoms with Gasteiger partial charge in [0.1, 0.15) is 5.58 Å². The van der Waals surface area contributed by atoms with E-state index >= 15 is 0 Å². The molecule has 24 heavy (non-hydrogen) atoms. The third kappa shape index (κ3) is 5.54. The van der Waals surface area contributed by atoms with Gasteiger partial charge in [-0.05, 0) is 26.0 Å². The summed E-state index contributed by atoms with van der Waals surface area (Å²) < 4.78 is 42.9. The topological polar surface area (TPSA) is 92.0 Å². The van der Waals surface area contributed by atoms with Gasteiger partial charge in [0.05, 0.1) is 25.6 Å². The van der Waals surface area contributed by atoms with Crippen LogP contribution < -0.4 is 15.1 Å². The maximum atomic E-state index is 11.3. The fraction of sp³-hybridized carbons (Fsp3) is 0.438. The van der Waals surface area contributed by atoms with Crippen LogP contribution in [0.15, 0.2) is 33.5 Å². The Labute approximate surface area is 140 Å². The highest BCUT2D eigenvalue weighted by molar-refractivity contribution is 7.85. The molecule has 0 fully saturated rings. The van der Waals surface area contributed by atoms with Gasteiger partial charge < -0.3 is 13.9 Å². The summed E-state index contributed by atoms with van der Waals surface area (Å²) in [6, 6.07) is 6.31. The quantitative estimate of drug-likeness (QED) is 0.407. The first-order valence-electron chi connectivity index (χ1n) is 7.46. The van der Waals surface area contributed by atoms with Crippen molar-refractivity contribution < 1.29 is 26.5 Å². The Morgan fingerprint density at radius 2 is 1.88 bits per heavy atom. The van der Waals surface area contributed by atoms with Crippen molar-refractivity contribution in [2.75, 3.05) is 19.5 Å². The molecule has 0 N–H and O–H groups in total. The molecular formula is C16H20O7S. The predicted octanol–water partition coefficient (Wildman–Crippen LogP) is 2.33. The Balaban J connectivity index is 2.14. The molecule has 1 heterocycles. The van der Waals surface area contributed by atoms with Gasteiger partial charge in [-0.15, -0.1) is 0 Å². The minimum atomic E-state index is -3.46. The van der Waals surface area contributed by atoms with E-state index in [1.165, 1.54) is 6.07 Å². The Kier molecular flexibility index (Phi) is 5.84. The summed E-state index contributed by atoms with van der Waals surface area (Å²) in [6.45, 7) is 4.03. The molecular weight excluding hydrogens is 336 g/mol. The van der Waals surface area contributed by atoms with Crippen LogP contribution in [-0.2, 0) is 14.3 Å². The van der Waals surface area contributed by atoms with Crippen molar-refractivity contribution in [2.24, 2.45) is 0 Å². The van der Waals surface area contributed by atoms with Gasteiger partial charge in [0.25, 0.3) is 10.1 Å². The second kappa shape index (κ2) is 7.67. The average molecular weight is 356 g/mol. The standard InChI is InChI=1S/C16H20O7S/c1-11(2)22-15-9-12-5-6-16(17)23-13(12)10-14(15)20-7-4-8-21-24(3,18)19/h5-6,9-11H,4,7-8H2,1-3H3. The van der Waals surface area contributed by atoms with Gasteiger partial charge in [-0.3, -0.25) is 4.18 Å². The van der Waals surface area contributed by atoms with E-state index < -0.39 is 15.7 Å². The second-order valence-electron chi connectivity index (χ2n) is 5.49. The lowest BCUT2D eigenvalue weighted by molar-refractivity contribution is 0.212. The average Bonchev–Trinajstić information content (AvgIpc) is 2.45. The molecule has 0 aliphatic heterocycles. The van der Waals surface area contributed by atoms with E-state index in [1.807, 2.05) is 13.8 Å². The zero-order chi connectivity index (χ0) is 17.7. The van der Waals surface area contributed by atoms with Crippen LogP contribution in [0.4, 0.5) is 0 Å². The minimum Gasteiger partial charge on any atom is -0.489 e. The molecule has 1 aromatic carbocycles. The van der Waals surface area contributed by atoms with Crippen molar-refractivity contribution in [2.45, 2.75) is 26.4 Å². The molecule has 2 aromatic rings. The molecule has 0 saturated heterocycles. The maximum Gasteiger partial charge on any atom is 0.336 e. The van der Waals surface area contributed by atoms with Gasteiger partial charge in [0.2, 0.25) is 0 Å². The minimum absolute atomic E-state index is 0.0296. The zero-order valence-electron chi connectivity index (χ0n) is 13.8. The van der Waals surface area contributed by atoms with Gasteiger partial charge in [0.15, 0.2) is 11.5 Å². The molecule has 8 heteroatoms. The van der Waals surface area contributed by atoms with Crippen LogP contribution in [0.5, 0.6) is 11.5 Å². The van der Waals surface area contributed by atoms with E-state index in [9.17, 15) is 13.2 Å². The van der Waals surface area contributed by atoms with E-state index in [2.05, 4.69) is 4.18 Å². The van der Waals surface area contributed by atoms with Crippen LogP contribution in [0.25, 0.3) is 11.0 Å². The van der Waals surface area contributed by atoms with Crippen LogP contribution in [0.1, 0.15) is 20.3 Å². The zero-order valence-corrected chi connectivity index (χ0v) is 14.6. The first kappa shape index (κ1) is 18.3. The predicted molar refractivity (Wildman–Crippen MR) is 89.2 cm³/mol. The highest BCUT2D eigenvalue weighted by Gasteiger charge is 2.11. The molecule has 7 nitrogen and oxygen atoms in total. The summed E-state index contributed by atoms with van der Waals surface area (Å²) in [7, 11) is -3.46. The molecule has 132 valence electrons. The fourth-order valence-electron chi connectivity index (χ4n) is 1.99. The van der Waals surface area contributed by atoms with Crippen molar-refractivity contribution in [3.05, 3.63) is 34.7 Å². The third-order valence-corrected chi connectivity index (χ3v) is 3.49. The summed E-state index contributed by atoms with van der Waals surface area (Å²) in [4.78, 5) is 11.3. The lowest BCUT2D eigenvalue weighted by atomic mass is 10.2. The number of fused-ring (bicyclic) bond motifs is 1. The van der Waals surface area contributed by atoms with E-state index in [0.29, 0.717) is 23.5 Å². The molecule has 0 amide bonds. The first-order chi connectivity index (χ1) is 11.2. The molecule has 0 spiro atoms. The van der Waals surface area contributed by atoms with Crippen LogP contribution >= 0.6 is 0 Å². The van der Waals surface area contributed by atoms with Crippen molar-refractivity contribution in [3.8, 4) is 11.5 Å². The first-order valence-corrected chi connectivity index (χ1v) is 9.28. The summed E-state index contributed by atoms with van der Waals surface area (Å²) in [5, 5.41) is 0.720. The van der Waals surface area contributed by atoms with E-state index in [1.54, 1.807) is 18.2 Å². The number of rotatable bonds is 8. The summed E-state index contributed by atoms with van der Waals surface area (Å²) in [5.74, 6) is 0.945. The van der Waals surface area contributed by atoms with Crippen molar-refractivity contribution in [1.29, 1.82) is 0 Å². The lowest BCUT2D eigenvalue weighted by Gasteiger charge is -2.15. The van der Waals surface area contributed by atoms with Crippen molar-refractivity contribution >= 4 is 21.1 Å². The summed E-state index contributed by atoms with van der Waals surface area (Å²) in [5.41, 5.74) is -0.0616. The number of ether oxygens (including phenoxy) is 2. The molecule has 0 aliphatic rings. The van der Waals surface area contributed by atoms with Crippen LogP contribution in [0, 0.1) is 0 Å². The lowest BCUT2D eigenvalue weighted by Crippen LogP contribution is -2.10. The normalized spacial score (nSPS) is 11.8. The van der Waals surface area contributed by atoms with Gasteiger partial charge >= 0.3 is 5.63 Å². The van der Waals surface area contributed by atoms with E-state index in [4.69, 9.17) is 13.9 Å². The SMILES string of the molecule is CC(C)Oc1cc2ccc(=O)oc2cc1OCCCOS(C)(=O)=O. The van der Waals surface area contributed by atoms with Crippen molar-refractivity contribution in [3.63, 3.8) is 0 Å². The van der Waals surface area contributed by atoms with E-state index in [-0.39, 0.29) is 19.3 Å². The Bertz CT molecular complexity index is 852. The molecule has 0 saturated carbocycles. The monoisotopic (exact) mass is 356 g/mol. The number of hydrogen-bond donors (Lipinski definition) is 0. The van der Waals surface area contributed by atoms with Crippen molar-refractivity contribution in [1.82, 2.24) is 0 Å². The maximum absolute atomic E-state index is 11.3. The van der Waals surface area contributed by atoms with Gasteiger partial charge in [-0.2, -0.15) is 8.42 Å². The number of hydrogen-bond acceptors (Lipinski definition) is 7. The summed E-state index contributed by atoms with van der Waals surface area (Å²) in [6.07, 6.45) is 1.31. The Hall–Kier alpha value is -2.06. The van der Waals surface area contributed by atoms with Crippen LogP contribution in [0.3, 0.4) is 0 Å². The van der Waals surface area contributed by atoms with E-state index in [0.717, 1.165) is 11.6 Å². The molecule has 0 unspecified atom stereocenters. The fourth-order valence-corrected chi connectivity index (χ4v) is 2.41. The summed E-state index contributed by atoms with van der Waals surface area (Å²) >= 11 is 0. The van der Waals surface area contributed by atoms with Gasteiger partial charge in [0, 0.05) is 23.9 Å². The highest BCUT2D eigenvalue weighted by atomic mass is 32.2. The second-order valence-corrected chi connectivity index (χ2v) is 7.13. The van der Waals surface area contributed by atoms with Gasteiger partial charge in [-0.1, -0.05) is 0 Å². The molecule has 2 rings (SSSR count). The Morgan fingerprint density at radius 1 is 1.12 bits per heavy atom. The number of benzene rings is 1. The van der Waals surface area contributed by atoms with Gasteiger partial charge in [-0.25, -0.2) is 4.79 Å². The van der Waals surface area contributed by atoms with Crippen LogP contribution in [0.2, 0.25) is 0 Å². The highest BCUT2D eigenvalue weighted by Crippen LogP contribution is 2.33. The Morgan fingerprint density at radius 3 is 2.54 bits per heavy atom. The molecule has 0 radical (unpaired) electrons. The van der Waals surface area contributed by atoms with Crippen LogP contribution in [-0.4, -0.2) is 34.0 Å². The smallest absolute Gasteiger partial charge is 0.336 e. The third-order valence-electron chi connectivity index (χ3n) is 2.89. The molecule has 0 atom stereocenters. The molecule has 0 aliphatic carbocycles. The largest absolute Gasteiger partial charge is 0.489 e. The molecule has 1 aromatic heterocycles. The molecule has 0 bridgehead atoms.